The van der Waals surface area contributed by atoms with Gasteiger partial charge in [0.05, 0.1) is 12.7 Å². The molecule has 0 N–H and O–H groups in total. The van der Waals surface area contributed by atoms with Gasteiger partial charge in [-0.2, -0.15) is 0 Å². The number of aromatic nitrogens is 4. The molecule has 0 saturated heterocycles. The van der Waals surface area contributed by atoms with Gasteiger partial charge >= 0.3 is 0 Å². The molecule has 0 aliphatic heterocycles. The van der Waals surface area contributed by atoms with Crippen LogP contribution in [-0.4, -0.2) is 30.7 Å². The van der Waals surface area contributed by atoms with Gasteiger partial charge in [0.25, 0.3) is 0 Å². The Bertz CT molecular complexity index is 830. The first-order valence-electron chi connectivity index (χ1n) is 6.67. The number of fused-ring (bicyclic) bond motifs is 1. The van der Waals surface area contributed by atoms with E-state index in [0.717, 1.165) is 0 Å². The topological polar surface area (TPSA) is 69.8 Å². The number of carbonyl (C=O) groups is 2. The van der Waals surface area contributed by atoms with Crippen LogP contribution in [0.2, 0.25) is 0 Å². The first-order chi connectivity index (χ1) is 10.8. The molecule has 106 valence electrons. The Hall–Kier alpha value is -3.28. The van der Waals surface area contributed by atoms with Crippen molar-refractivity contribution in [3.63, 3.8) is 0 Å². The standard InChI is InChI=1S/C16H10N4O2/c21-15-11-3-1-2-4-12(11)16(22)14(20-8-6-18-10-20)13(15)19-7-5-17-9-19/h1-10H. The summed E-state index contributed by atoms with van der Waals surface area (Å²) in [6.07, 6.45) is 9.43. The summed E-state index contributed by atoms with van der Waals surface area (Å²) in [6.45, 7) is 0. The van der Waals surface area contributed by atoms with Crippen molar-refractivity contribution in [3.8, 4) is 0 Å². The highest BCUT2D eigenvalue weighted by Crippen LogP contribution is 2.31. The molecular weight excluding hydrogens is 280 g/mol. The van der Waals surface area contributed by atoms with Crippen LogP contribution in [0.4, 0.5) is 0 Å². The fourth-order valence-corrected chi connectivity index (χ4v) is 2.61. The third kappa shape index (κ3) is 1.67. The molecule has 0 amide bonds. The zero-order valence-corrected chi connectivity index (χ0v) is 11.4. The van der Waals surface area contributed by atoms with Crippen molar-refractivity contribution in [1.82, 2.24) is 19.1 Å². The van der Waals surface area contributed by atoms with E-state index >= 15 is 0 Å². The largest absolute Gasteiger partial charge is 0.301 e. The van der Waals surface area contributed by atoms with Crippen LogP contribution in [0.15, 0.2) is 61.7 Å². The van der Waals surface area contributed by atoms with Gasteiger partial charge in [-0.05, 0) is 0 Å². The van der Waals surface area contributed by atoms with Gasteiger partial charge in [0.1, 0.15) is 11.4 Å². The van der Waals surface area contributed by atoms with Crippen LogP contribution < -0.4 is 0 Å². The molecule has 1 aliphatic carbocycles. The van der Waals surface area contributed by atoms with Crippen LogP contribution >= 0.6 is 0 Å². The third-order valence-electron chi connectivity index (χ3n) is 3.60. The zero-order valence-electron chi connectivity index (χ0n) is 11.4. The predicted octanol–water partition coefficient (Wildman–Crippen LogP) is 1.98. The first-order valence-corrected chi connectivity index (χ1v) is 6.67. The number of hydrogen-bond donors (Lipinski definition) is 0. The second kappa shape index (κ2) is 4.63. The van der Waals surface area contributed by atoms with Crippen molar-refractivity contribution in [2.45, 2.75) is 0 Å². The third-order valence-corrected chi connectivity index (χ3v) is 3.60. The smallest absolute Gasteiger partial charge is 0.212 e. The number of benzene rings is 1. The molecule has 4 rings (SSSR count). The molecule has 1 aromatic carbocycles. The Morgan fingerprint density at radius 3 is 1.55 bits per heavy atom. The first kappa shape index (κ1) is 12.5. The van der Waals surface area contributed by atoms with Gasteiger partial charge < -0.3 is 9.13 Å². The average molecular weight is 290 g/mol. The van der Waals surface area contributed by atoms with Crippen molar-refractivity contribution in [3.05, 3.63) is 72.8 Å². The molecule has 6 nitrogen and oxygen atoms in total. The van der Waals surface area contributed by atoms with Crippen LogP contribution in [0.25, 0.3) is 11.4 Å². The summed E-state index contributed by atoms with van der Waals surface area (Å²) in [5.74, 6) is -0.422. The summed E-state index contributed by atoms with van der Waals surface area (Å²) in [7, 11) is 0. The van der Waals surface area contributed by atoms with Gasteiger partial charge in [-0.3, -0.25) is 9.59 Å². The lowest BCUT2D eigenvalue weighted by atomic mass is 9.90. The number of nitrogens with zero attached hydrogens (tertiary/aromatic N) is 4. The number of rotatable bonds is 2. The number of carbonyl (C=O) groups excluding carboxylic acids is 2. The van der Waals surface area contributed by atoms with E-state index in [0.29, 0.717) is 11.1 Å². The van der Waals surface area contributed by atoms with Crippen LogP contribution in [0.5, 0.6) is 0 Å². The van der Waals surface area contributed by atoms with Crippen molar-refractivity contribution >= 4 is 23.0 Å². The van der Waals surface area contributed by atoms with E-state index in [2.05, 4.69) is 9.97 Å². The Morgan fingerprint density at radius 2 is 1.18 bits per heavy atom. The van der Waals surface area contributed by atoms with Gasteiger partial charge in [-0.1, -0.05) is 24.3 Å². The minimum absolute atomic E-state index is 0.211. The van der Waals surface area contributed by atoms with Crippen LogP contribution in [0.1, 0.15) is 20.7 Å². The molecule has 2 heterocycles. The van der Waals surface area contributed by atoms with E-state index in [1.54, 1.807) is 58.2 Å². The van der Waals surface area contributed by atoms with E-state index in [1.807, 2.05) is 0 Å². The molecule has 0 bridgehead atoms. The monoisotopic (exact) mass is 290 g/mol. The van der Waals surface area contributed by atoms with Crippen molar-refractivity contribution in [1.29, 1.82) is 0 Å². The average Bonchev–Trinajstić information content (AvgIpc) is 3.23. The van der Waals surface area contributed by atoms with E-state index in [-0.39, 0.29) is 23.0 Å². The summed E-state index contributed by atoms with van der Waals surface area (Å²) in [6, 6.07) is 6.82. The van der Waals surface area contributed by atoms with Gasteiger partial charge in [-0.25, -0.2) is 9.97 Å². The molecule has 6 heteroatoms. The number of allylic oxidation sites excluding steroid dienone is 2. The molecule has 1 aliphatic rings. The number of Topliss-reactive ketones (excluding diaryl/α,β-unsaturated/α-hetero) is 2. The molecule has 0 atom stereocenters. The zero-order chi connectivity index (χ0) is 15.1. The normalized spacial score (nSPS) is 14.4. The lowest BCUT2D eigenvalue weighted by Crippen LogP contribution is -2.25. The SMILES string of the molecule is O=C1C(n2ccnc2)=C(n2ccnc2)C(=O)c2ccccc21. The Morgan fingerprint density at radius 1 is 0.727 bits per heavy atom. The minimum Gasteiger partial charge on any atom is -0.301 e. The van der Waals surface area contributed by atoms with Gasteiger partial charge in [0, 0.05) is 35.9 Å². The minimum atomic E-state index is -0.211. The molecule has 3 aromatic rings. The van der Waals surface area contributed by atoms with Crippen molar-refractivity contribution in [2.75, 3.05) is 0 Å². The molecule has 0 spiro atoms. The fourth-order valence-electron chi connectivity index (χ4n) is 2.61. The Kier molecular flexibility index (Phi) is 2.62. The summed E-state index contributed by atoms with van der Waals surface area (Å²) >= 11 is 0. The highest BCUT2D eigenvalue weighted by molar-refractivity contribution is 6.47. The number of ketones is 2. The quantitative estimate of drug-likeness (QED) is 0.723. The highest BCUT2D eigenvalue weighted by Gasteiger charge is 2.33. The Labute approximate surface area is 125 Å². The summed E-state index contributed by atoms with van der Waals surface area (Å²) in [5, 5.41) is 0. The highest BCUT2D eigenvalue weighted by atomic mass is 16.1. The molecule has 2 aromatic heterocycles. The number of hydrogen-bond acceptors (Lipinski definition) is 4. The van der Waals surface area contributed by atoms with Crippen LogP contribution in [0, 0.1) is 0 Å². The molecule has 0 unspecified atom stereocenters. The van der Waals surface area contributed by atoms with Crippen LogP contribution in [-0.2, 0) is 0 Å². The second-order valence-corrected chi connectivity index (χ2v) is 4.84. The lowest BCUT2D eigenvalue weighted by Gasteiger charge is -2.21. The predicted molar refractivity (Wildman–Crippen MR) is 79.0 cm³/mol. The van der Waals surface area contributed by atoms with Gasteiger partial charge in [0.2, 0.25) is 11.6 Å². The van der Waals surface area contributed by atoms with E-state index in [4.69, 9.17) is 0 Å². The molecule has 0 radical (unpaired) electrons. The van der Waals surface area contributed by atoms with E-state index in [1.165, 1.54) is 12.7 Å². The van der Waals surface area contributed by atoms with Crippen molar-refractivity contribution < 1.29 is 9.59 Å². The summed E-state index contributed by atoms with van der Waals surface area (Å²) in [5.41, 5.74) is 1.36. The lowest BCUT2D eigenvalue weighted by molar-refractivity contribution is 0.100. The second-order valence-electron chi connectivity index (χ2n) is 4.84. The maximum Gasteiger partial charge on any atom is 0.212 e. The molecule has 22 heavy (non-hydrogen) atoms. The molecule has 0 fully saturated rings. The van der Waals surface area contributed by atoms with Crippen molar-refractivity contribution in [2.24, 2.45) is 0 Å². The Balaban J connectivity index is 2.06. The maximum atomic E-state index is 12.9. The van der Waals surface area contributed by atoms with Gasteiger partial charge in [0.15, 0.2) is 0 Å². The number of imidazole rings is 2. The van der Waals surface area contributed by atoms with Crippen LogP contribution in [0.3, 0.4) is 0 Å². The van der Waals surface area contributed by atoms with E-state index < -0.39 is 0 Å². The van der Waals surface area contributed by atoms with E-state index in [9.17, 15) is 9.59 Å². The summed E-state index contributed by atoms with van der Waals surface area (Å²) in [4.78, 5) is 33.7. The fraction of sp³-hybridized carbons (Fsp3) is 0. The summed E-state index contributed by atoms with van der Waals surface area (Å²) < 4.78 is 3.12. The van der Waals surface area contributed by atoms with Gasteiger partial charge in [-0.15, -0.1) is 0 Å². The molecule has 0 saturated carbocycles. The maximum absolute atomic E-state index is 12.9. The molecular formula is C16H10N4O2.